The van der Waals surface area contributed by atoms with Crippen molar-refractivity contribution in [3.8, 4) is 0 Å². The van der Waals surface area contributed by atoms with Gasteiger partial charge in [0.15, 0.2) is 5.96 Å². The Balaban J connectivity index is 1.82. The van der Waals surface area contributed by atoms with Gasteiger partial charge in [0.2, 0.25) is 5.91 Å². The molecule has 162 valence electrons. The van der Waals surface area contributed by atoms with Gasteiger partial charge in [-0.1, -0.05) is 13.3 Å². The van der Waals surface area contributed by atoms with Crippen LogP contribution in [0, 0.1) is 5.92 Å². The van der Waals surface area contributed by atoms with Crippen LogP contribution in [0.4, 0.5) is 0 Å². The molecule has 28 heavy (non-hydrogen) atoms. The molecule has 2 saturated heterocycles. The minimum atomic E-state index is 0.212. The lowest BCUT2D eigenvalue weighted by Crippen LogP contribution is -2.55. The molecule has 1 amide bonds. The van der Waals surface area contributed by atoms with Crippen LogP contribution in [0.15, 0.2) is 4.99 Å². The first-order chi connectivity index (χ1) is 13.7. The first-order valence-electron chi connectivity index (χ1n) is 10.9. The normalized spacial score (nSPS) is 20.3. The molecule has 0 bridgehead atoms. The van der Waals surface area contributed by atoms with Crippen molar-refractivity contribution in [3.63, 3.8) is 0 Å². The molecular formula is C20H39N5O3. The van der Waals surface area contributed by atoms with Crippen LogP contribution in [-0.2, 0) is 9.53 Å². The third-order valence-electron chi connectivity index (χ3n) is 5.46. The van der Waals surface area contributed by atoms with E-state index >= 15 is 0 Å². The molecule has 8 nitrogen and oxygen atoms in total. The SMILES string of the molecule is CCCC(CCO)CN=C(NCC)N1CCN(CC(=O)N2CCOCC2)CC1. The van der Waals surface area contributed by atoms with E-state index in [1.54, 1.807) is 0 Å². The Morgan fingerprint density at radius 1 is 1.07 bits per heavy atom. The molecule has 0 aromatic carbocycles. The van der Waals surface area contributed by atoms with E-state index in [1.165, 1.54) is 0 Å². The maximum atomic E-state index is 12.4. The number of hydrogen-bond acceptors (Lipinski definition) is 5. The van der Waals surface area contributed by atoms with Gasteiger partial charge in [-0.05, 0) is 25.7 Å². The Morgan fingerprint density at radius 3 is 2.39 bits per heavy atom. The maximum Gasteiger partial charge on any atom is 0.236 e. The standard InChI is InChI=1S/C20H39N5O3/c1-3-5-18(6-13-26)16-22-20(21-4-2)25-9-7-23(8-10-25)17-19(27)24-11-14-28-15-12-24/h18,26H,3-17H2,1-2H3,(H,21,22). The van der Waals surface area contributed by atoms with Crippen LogP contribution < -0.4 is 5.32 Å². The van der Waals surface area contributed by atoms with Gasteiger partial charge < -0.3 is 25.0 Å². The summed E-state index contributed by atoms with van der Waals surface area (Å²) in [4.78, 5) is 23.7. The second-order valence-corrected chi connectivity index (χ2v) is 7.62. The second kappa shape index (κ2) is 13.0. The highest BCUT2D eigenvalue weighted by Gasteiger charge is 2.24. The molecule has 0 aliphatic carbocycles. The van der Waals surface area contributed by atoms with Crippen LogP contribution in [0.3, 0.4) is 0 Å². The number of piperazine rings is 1. The van der Waals surface area contributed by atoms with Crippen LogP contribution in [0.5, 0.6) is 0 Å². The molecule has 1 atom stereocenters. The highest BCUT2D eigenvalue weighted by molar-refractivity contribution is 5.80. The highest BCUT2D eigenvalue weighted by Crippen LogP contribution is 2.12. The van der Waals surface area contributed by atoms with Gasteiger partial charge in [0.05, 0.1) is 19.8 Å². The summed E-state index contributed by atoms with van der Waals surface area (Å²) in [5.74, 6) is 1.61. The molecular weight excluding hydrogens is 358 g/mol. The summed E-state index contributed by atoms with van der Waals surface area (Å²) < 4.78 is 5.33. The lowest BCUT2D eigenvalue weighted by atomic mass is 10.0. The maximum absolute atomic E-state index is 12.4. The number of morpholine rings is 1. The van der Waals surface area contributed by atoms with Gasteiger partial charge in [0.25, 0.3) is 0 Å². The van der Waals surface area contributed by atoms with Crippen LogP contribution in [0.25, 0.3) is 0 Å². The molecule has 0 radical (unpaired) electrons. The van der Waals surface area contributed by atoms with Crippen molar-refractivity contribution < 1.29 is 14.6 Å². The third kappa shape index (κ3) is 7.56. The second-order valence-electron chi connectivity index (χ2n) is 7.62. The number of aliphatic imine (C=N–C) groups is 1. The number of nitrogens with zero attached hydrogens (tertiary/aromatic N) is 4. The van der Waals surface area contributed by atoms with Gasteiger partial charge in [-0.15, -0.1) is 0 Å². The minimum Gasteiger partial charge on any atom is -0.396 e. The summed E-state index contributed by atoms with van der Waals surface area (Å²) in [5.41, 5.74) is 0. The Bertz CT molecular complexity index is 468. The topological polar surface area (TPSA) is 80.6 Å². The molecule has 2 fully saturated rings. The fourth-order valence-electron chi connectivity index (χ4n) is 3.78. The summed E-state index contributed by atoms with van der Waals surface area (Å²) >= 11 is 0. The summed E-state index contributed by atoms with van der Waals surface area (Å²) in [6, 6.07) is 0. The number of carbonyl (C=O) groups is 1. The Morgan fingerprint density at radius 2 is 1.79 bits per heavy atom. The summed E-state index contributed by atoms with van der Waals surface area (Å²) in [6.07, 6.45) is 3.03. The number of amides is 1. The molecule has 0 spiro atoms. The molecule has 2 rings (SSSR count). The average molecular weight is 398 g/mol. The van der Waals surface area contributed by atoms with Crippen molar-refractivity contribution in [3.05, 3.63) is 0 Å². The van der Waals surface area contributed by atoms with Crippen LogP contribution in [0.1, 0.15) is 33.1 Å². The number of carbonyl (C=O) groups excluding carboxylic acids is 1. The van der Waals surface area contributed by atoms with Gasteiger partial charge in [-0.3, -0.25) is 14.7 Å². The molecule has 0 aromatic heterocycles. The number of nitrogens with one attached hydrogen (secondary N) is 1. The smallest absolute Gasteiger partial charge is 0.236 e. The lowest BCUT2D eigenvalue weighted by molar-refractivity contribution is -0.136. The fourth-order valence-corrected chi connectivity index (χ4v) is 3.78. The van der Waals surface area contributed by atoms with E-state index in [9.17, 15) is 9.90 Å². The van der Waals surface area contributed by atoms with E-state index < -0.39 is 0 Å². The summed E-state index contributed by atoms with van der Waals surface area (Å²) in [6.45, 7) is 12.8. The first kappa shape index (κ1) is 22.9. The molecule has 2 heterocycles. The van der Waals surface area contributed by atoms with Gasteiger partial charge in [-0.25, -0.2) is 0 Å². The number of aliphatic hydroxyl groups is 1. The lowest BCUT2D eigenvalue weighted by Gasteiger charge is -2.37. The predicted molar refractivity (Wildman–Crippen MR) is 111 cm³/mol. The molecule has 0 aromatic rings. The molecule has 2 aliphatic heterocycles. The van der Waals surface area contributed by atoms with Crippen LogP contribution in [0.2, 0.25) is 0 Å². The zero-order valence-corrected chi connectivity index (χ0v) is 17.7. The van der Waals surface area contributed by atoms with Gasteiger partial charge in [-0.2, -0.15) is 0 Å². The van der Waals surface area contributed by atoms with Crippen LogP contribution >= 0.6 is 0 Å². The number of aliphatic hydroxyl groups excluding tert-OH is 1. The molecule has 2 N–H and O–H groups in total. The Labute approximate surface area is 169 Å². The Kier molecular flexibility index (Phi) is 10.6. The number of ether oxygens (including phenoxy) is 1. The van der Waals surface area contributed by atoms with Gasteiger partial charge >= 0.3 is 0 Å². The number of hydrogen-bond donors (Lipinski definition) is 2. The van der Waals surface area contributed by atoms with E-state index in [2.05, 4.69) is 29.0 Å². The van der Waals surface area contributed by atoms with E-state index in [-0.39, 0.29) is 12.5 Å². The van der Waals surface area contributed by atoms with Crippen molar-refractivity contribution in [1.29, 1.82) is 0 Å². The van der Waals surface area contributed by atoms with Crippen molar-refractivity contribution in [2.24, 2.45) is 10.9 Å². The zero-order chi connectivity index (χ0) is 20.2. The van der Waals surface area contributed by atoms with Gasteiger partial charge in [0, 0.05) is 59.0 Å². The summed E-state index contributed by atoms with van der Waals surface area (Å²) in [7, 11) is 0. The van der Waals surface area contributed by atoms with Crippen LogP contribution in [-0.4, -0.2) is 110 Å². The van der Waals surface area contributed by atoms with Crippen molar-refractivity contribution in [2.75, 3.05) is 78.7 Å². The van der Waals surface area contributed by atoms with E-state index in [0.29, 0.717) is 38.8 Å². The number of guanidine groups is 1. The van der Waals surface area contributed by atoms with Crippen molar-refractivity contribution in [2.45, 2.75) is 33.1 Å². The minimum absolute atomic E-state index is 0.212. The van der Waals surface area contributed by atoms with E-state index in [1.807, 2.05) is 4.90 Å². The van der Waals surface area contributed by atoms with Crippen molar-refractivity contribution >= 4 is 11.9 Å². The first-order valence-corrected chi connectivity index (χ1v) is 10.9. The van der Waals surface area contributed by atoms with Gasteiger partial charge in [0.1, 0.15) is 0 Å². The third-order valence-corrected chi connectivity index (χ3v) is 5.46. The summed E-state index contributed by atoms with van der Waals surface area (Å²) in [5, 5.41) is 12.7. The molecule has 0 saturated carbocycles. The molecule has 1 unspecified atom stereocenters. The quantitative estimate of drug-likeness (QED) is 0.428. The predicted octanol–water partition coefficient (Wildman–Crippen LogP) is 0.227. The van der Waals surface area contributed by atoms with Crippen molar-refractivity contribution in [1.82, 2.24) is 20.0 Å². The monoisotopic (exact) mass is 397 g/mol. The highest BCUT2D eigenvalue weighted by atomic mass is 16.5. The average Bonchev–Trinajstić information content (AvgIpc) is 2.72. The van der Waals surface area contributed by atoms with E-state index in [4.69, 9.17) is 9.73 Å². The largest absolute Gasteiger partial charge is 0.396 e. The zero-order valence-electron chi connectivity index (χ0n) is 17.7. The number of rotatable bonds is 9. The molecule has 2 aliphatic rings. The molecule has 8 heteroatoms. The fraction of sp³-hybridized carbons (Fsp3) is 0.900. The van der Waals surface area contributed by atoms with E-state index in [0.717, 1.165) is 64.5 Å². The Hall–Kier alpha value is -1.38.